The van der Waals surface area contributed by atoms with Crippen LogP contribution in [0.2, 0.25) is 0 Å². The van der Waals surface area contributed by atoms with Crippen molar-refractivity contribution in [2.45, 2.75) is 39.3 Å². The number of hydrogen-bond acceptors (Lipinski definition) is 4. The van der Waals surface area contributed by atoms with Gasteiger partial charge in [0.2, 0.25) is 0 Å². The van der Waals surface area contributed by atoms with Gasteiger partial charge in [-0.05, 0) is 50.5 Å². The molecule has 0 radical (unpaired) electrons. The topological polar surface area (TPSA) is 55.6 Å². The molecule has 0 N–H and O–H groups in total. The van der Waals surface area contributed by atoms with E-state index in [2.05, 4.69) is 17.3 Å². The minimum atomic E-state index is 0.0501. The minimum Gasteiger partial charge on any atom is -0.489 e. The van der Waals surface area contributed by atoms with Gasteiger partial charge in [0, 0.05) is 12.1 Å². The average molecular weight is 376 g/mol. The number of rotatable bonds is 5. The van der Waals surface area contributed by atoms with Crippen molar-refractivity contribution in [3.8, 4) is 5.75 Å². The first-order valence-electron chi connectivity index (χ1n) is 9.64. The summed E-state index contributed by atoms with van der Waals surface area (Å²) in [6.07, 6.45) is 2.02. The molecule has 1 amide bonds. The van der Waals surface area contributed by atoms with Crippen molar-refractivity contribution in [1.29, 1.82) is 0 Å². The molecule has 1 fully saturated rings. The summed E-state index contributed by atoms with van der Waals surface area (Å²) in [6, 6.07) is 17.8. The summed E-state index contributed by atoms with van der Waals surface area (Å²) in [4.78, 5) is 15.1. The van der Waals surface area contributed by atoms with Crippen LogP contribution in [0.5, 0.6) is 5.75 Å². The number of carbonyl (C=O) groups excluding carboxylic acids is 1. The van der Waals surface area contributed by atoms with E-state index in [9.17, 15) is 4.79 Å². The van der Waals surface area contributed by atoms with E-state index < -0.39 is 0 Å². The predicted molar refractivity (Wildman–Crippen MR) is 106 cm³/mol. The van der Waals surface area contributed by atoms with Crippen LogP contribution in [0.15, 0.2) is 59.1 Å². The Bertz CT molecular complexity index is 945. The zero-order valence-electron chi connectivity index (χ0n) is 16.2. The normalized spacial score (nSPS) is 16.4. The Morgan fingerprint density at radius 1 is 1.18 bits per heavy atom. The Balaban J connectivity index is 1.50. The van der Waals surface area contributed by atoms with Gasteiger partial charge in [0.25, 0.3) is 5.91 Å². The first-order valence-corrected chi connectivity index (χ1v) is 9.64. The molecule has 0 aliphatic carbocycles. The molecule has 2 heterocycles. The first kappa shape index (κ1) is 18.3. The highest BCUT2D eigenvalue weighted by Gasteiger charge is 2.30. The number of carbonyl (C=O) groups is 1. The molecule has 0 spiro atoms. The van der Waals surface area contributed by atoms with Crippen molar-refractivity contribution in [2.75, 3.05) is 6.54 Å². The maximum atomic E-state index is 13.2. The molecular formula is C23H24N2O3. The molecule has 144 valence electrons. The van der Waals surface area contributed by atoms with Crippen LogP contribution in [0.3, 0.4) is 0 Å². The number of aromatic nitrogens is 1. The van der Waals surface area contributed by atoms with Gasteiger partial charge in [0.15, 0.2) is 0 Å². The molecule has 1 atom stereocenters. The number of ether oxygens (including phenoxy) is 1. The SMILES string of the molecule is Cc1noc(C)c1COc1cccc(C(=O)N2CCCC2c2ccccc2)c1. The number of nitrogens with zero attached hydrogens (tertiary/aromatic N) is 2. The highest BCUT2D eigenvalue weighted by atomic mass is 16.5. The average Bonchev–Trinajstić information content (AvgIpc) is 3.34. The fraction of sp³-hybridized carbons (Fsp3) is 0.304. The van der Waals surface area contributed by atoms with E-state index in [-0.39, 0.29) is 11.9 Å². The molecule has 5 heteroatoms. The predicted octanol–water partition coefficient (Wildman–Crippen LogP) is 4.85. The molecule has 1 unspecified atom stereocenters. The van der Waals surface area contributed by atoms with Crippen LogP contribution in [-0.2, 0) is 6.61 Å². The van der Waals surface area contributed by atoms with Crippen LogP contribution < -0.4 is 4.74 Å². The van der Waals surface area contributed by atoms with Gasteiger partial charge in [-0.1, -0.05) is 41.6 Å². The second kappa shape index (κ2) is 7.89. The quantitative estimate of drug-likeness (QED) is 0.639. The van der Waals surface area contributed by atoms with Crippen LogP contribution in [0.25, 0.3) is 0 Å². The fourth-order valence-electron chi connectivity index (χ4n) is 3.78. The molecule has 4 rings (SSSR count). The van der Waals surface area contributed by atoms with Crippen molar-refractivity contribution in [3.63, 3.8) is 0 Å². The third-order valence-corrected chi connectivity index (χ3v) is 5.34. The lowest BCUT2D eigenvalue weighted by Crippen LogP contribution is -2.30. The maximum absolute atomic E-state index is 13.2. The number of likely N-dealkylation sites (tertiary alicyclic amines) is 1. The van der Waals surface area contributed by atoms with Crippen LogP contribution in [-0.4, -0.2) is 22.5 Å². The summed E-state index contributed by atoms with van der Waals surface area (Å²) in [6.45, 7) is 4.92. The summed E-state index contributed by atoms with van der Waals surface area (Å²) in [5.74, 6) is 1.47. The van der Waals surface area contributed by atoms with E-state index in [0.717, 1.165) is 36.4 Å². The van der Waals surface area contributed by atoms with E-state index in [1.807, 2.05) is 61.2 Å². The van der Waals surface area contributed by atoms with Gasteiger partial charge < -0.3 is 14.2 Å². The van der Waals surface area contributed by atoms with Gasteiger partial charge in [0.05, 0.1) is 17.3 Å². The van der Waals surface area contributed by atoms with Crippen LogP contribution in [0.1, 0.15) is 51.8 Å². The minimum absolute atomic E-state index is 0.0501. The zero-order chi connectivity index (χ0) is 19.5. The smallest absolute Gasteiger partial charge is 0.254 e. The van der Waals surface area contributed by atoms with Gasteiger partial charge in [0.1, 0.15) is 18.1 Å². The highest BCUT2D eigenvalue weighted by Crippen LogP contribution is 2.33. The van der Waals surface area contributed by atoms with Crippen LogP contribution in [0, 0.1) is 13.8 Å². The largest absolute Gasteiger partial charge is 0.489 e. The van der Waals surface area contributed by atoms with E-state index in [4.69, 9.17) is 9.26 Å². The number of hydrogen-bond donors (Lipinski definition) is 0. The Hall–Kier alpha value is -3.08. The second-order valence-electron chi connectivity index (χ2n) is 7.19. The number of amides is 1. The molecule has 1 aromatic heterocycles. The summed E-state index contributed by atoms with van der Waals surface area (Å²) in [5.41, 5.74) is 3.62. The molecule has 1 aliphatic rings. The molecule has 2 aromatic carbocycles. The van der Waals surface area contributed by atoms with E-state index in [1.54, 1.807) is 0 Å². The van der Waals surface area contributed by atoms with Crippen LogP contribution in [0.4, 0.5) is 0 Å². The lowest BCUT2D eigenvalue weighted by molar-refractivity contribution is 0.0735. The second-order valence-corrected chi connectivity index (χ2v) is 7.19. The van der Waals surface area contributed by atoms with Crippen LogP contribution >= 0.6 is 0 Å². The lowest BCUT2D eigenvalue weighted by atomic mass is 10.0. The maximum Gasteiger partial charge on any atom is 0.254 e. The summed E-state index contributed by atoms with van der Waals surface area (Å²) < 4.78 is 11.1. The number of aryl methyl sites for hydroxylation is 2. The Morgan fingerprint density at radius 2 is 2.00 bits per heavy atom. The molecule has 3 aromatic rings. The molecule has 1 saturated heterocycles. The van der Waals surface area contributed by atoms with Gasteiger partial charge in [-0.3, -0.25) is 4.79 Å². The Kier molecular flexibility index (Phi) is 5.15. The molecule has 1 aliphatic heterocycles. The standard InChI is InChI=1S/C23H24N2O3/c1-16-21(17(2)28-24-16)15-27-20-11-6-10-19(14-20)23(26)25-13-7-12-22(25)18-8-4-3-5-9-18/h3-6,8-11,14,22H,7,12-13,15H2,1-2H3. The van der Waals surface area contributed by atoms with Crippen molar-refractivity contribution in [1.82, 2.24) is 10.1 Å². The number of benzene rings is 2. The zero-order valence-corrected chi connectivity index (χ0v) is 16.2. The highest BCUT2D eigenvalue weighted by molar-refractivity contribution is 5.95. The lowest BCUT2D eigenvalue weighted by Gasteiger charge is -2.25. The van der Waals surface area contributed by atoms with E-state index in [1.165, 1.54) is 5.56 Å². The van der Waals surface area contributed by atoms with Crippen molar-refractivity contribution >= 4 is 5.91 Å². The monoisotopic (exact) mass is 376 g/mol. The Morgan fingerprint density at radius 3 is 2.75 bits per heavy atom. The van der Waals surface area contributed by atoms with Gasteiger partial charge in [-0.2, -0.15) is 0 Å². The van der Waals surface area contributed by atoms with Gasteiger partial charge >= 0.3 is 0 Å². The summed E-state index contributed by atoms with van der Waals surface area (Å²) >= 11 is 0. The van der Waals surface area contributed by atoms with E-state index in [0.29, 0.717) is 17.9 Å². The fourth-order valence-corrected chi connectivity index (χ4v) is 3.78. The first-order chi connectivity index (χ1) is 13.6. The van der Waals surface area contributed by atoms with Gasteiger partial charge in [-0.15, -0.1) is 0 Å². The van der Waals surface area contributed by atoms with Crippen molar-refractivity contribution < 1.29 is 14.1 Å². The third-order valence-electron chi connectivity index (χ3n) is 5.34. The van der Waals surface area contributed by atoms with Crippen molar-refractivity contribution in [2.24, 2.45) is 0 Å². The summed E-state index contributed by atoms with van der Waals surface area (Å²) in [5, 5.41) is 3.95. The molecule has 5 nitrogen and oxygen atoms in total. The molecule has 28 heavy (non-hydrogen) atoms. The van der Waals surface area contributed by atoms with E-state index >= 15 is 0 Å². The van der Waals surface area contributed by atoms with Crippen molar-refractivity contribution in [3.05, 3.63) is 82.7 Å². The third kappa shape index (κ3) is 3.65. The molecule has 0 bridgehead atoms. The summed E-state index contributed by atoms with van der Waals surface area (Å²) in [7, 11) is 0. The van der Waals surface area contributed by atoms with Gasteiger partial charge in [-0.25, -0.2) is 0 Å². The Labute approximate surface area is 164 Å². The molecule has 0 saturated carbocycles. The molecular weight excluding hydrogens is 352 g/mol.